The van der Waals surface area contributed by atoms with Crippen molar-refractivity contribution >= 4 is 15.9 Å². The van der Waals surface area contributed by atoms with Crippen LogP contribution in [0.5, 0.6) is 0 Å². The monoisotopic (exact) mass is 281 g/mol. The number of hydrogen-bond donors (Lipinski definition) is 0. The lowest BCUT2D eigenvalue weighted by atomic mass is 10.2. The van der Waals surface area contributed by atoms with Crippen molar-refractivity contribution in [3.8, 4) is 5.69 Å². The summed E-state index contributed by atoms with van der Waals surface area (Å²) in [5.74, 6) is -0.360. The van der Waals surface area contributed by atoms with Gasteiger partial charge in [-0.15, -0.1) is 0 Å². The lowest BCUT2D eigenvalue weighted by Crippen LogP contribution is -2.17. The Morgan fingerprint density at radius 3 is 2.75 bits per heavy atom. The second-order valence-electron chi connectivity index (χ2n) is 3.49. The number of halogens is 2. The van der Waals surface area contributed by atoms with Crippen LogP contribution in [0.1, 0.15) is 5.56 Å². The third-order valence-electron chi connectivity index (χ3n) is 2.28. The zero-order valence-electron chi connectivity index (χ0n) is 8.58. The van der Waals surface area contributed by atoms with E-state index < -0.39 is 0 Å². The third kappa shape index (κ3) is 2.07. The lowest BCUT2D eigenvalue weighted by Gasteiger charge is -2.07. The van der Waals surface area contributed by atoms with Crippen molar-refractivity contribution < 1.29 is 4.39 Å². The molecule has 82 valence electrons. The second-order valence-corrected chi connectivity index (χ2v) is 4.35. The maximum atomic E-state index is 13.0. The maximum Gasteiger partial charge on any atom is 0.255 e. The molecule has 1 aromatic heterocycles. The highest BCUT2D eigenvalue weighted by atomic mass is 79.9. The van der Waals surface area contributed by atoms with E-state index in [0.29, 0.717) is 5.69 Å². The summed E-state index contributed by atoms with van der Waals surface area (Å²) in [6.45, 7) is 1.83. The normalized spacial score (nSPS) is 10.4. The van der Waals surface area contributed by atoms with E-state index in [4.69, 9.17) is 0 Å². The van der Waals surface area contributed by atoms with Crippen LogP contribution >= 0.6 is 15.9 Å². The van der Waals surface area contributed by atoms with Crippen LogP contribution < -0.4 is 5.56 Å². The van der Waals surface area contributed by atoms with E-state index in [1.165, 1.54) is 22.8 Å². The zero-order chi connectivity index (χ0) is 11.7. The fourth-order valence-corrected chi connectivity index (χ4v) is 1.75. The Morgan fingerprint density at radius 1 is 1.31 bits per heavy atom. The molecule has 0 aliphatic rings. The summed E-state index contributed by atoms with van der Waals surface area (Å²) < 4.78 is 15.3. The SMILES string of the molecule is Cc1cc(=O)n(-c2cccc(F)c2)cc1Br. The summed E-state index contributed by atoms with van der Waals surface area (Å²) in [5, 5.41) is 0. The van der Waals surface area contributed by atoms with Crippen molar-refractivity contribution in [2.24, 2.45) is 0 Å². The average molecular weight is 282 g/mol. The molecule has 1 aromatic carbocycles. The number of pyridine rings is 1. The van der Waals surface area contributed by atoms with Crippen LogP contribution in [0.2, 0.25) is 0 Å². The van der Waals surface area contributed by atoms with Crippen LogP contribution in [0.25, 0.3) is 5.69 Å². The smallest absolute Gasteiger partial charge is 0.255 e. The fraction of sp³-hybridized carbons (Fsp3) is 0.0833. The molecule has 0 amide bonds. The Kier molecular flexibility index (Phi) is 2.92. The number of nitrogens with zero attached hydrogens (tertiary/aromatic N) is 1. The van der Waals surface area contributed by atoms with Crippen molar-refractivity contribution in [2.45, 2.75) is 6.92 Å². The molecule has 4 heteroatoms. The van der Waals surface area contributed by atoms with Crippen LogP contribution in [-0.2, 0) is 0 Å². The molecule has 0 N–H and O–H groups in total. The molecule has 1 heterocycles. The Morgan fingerprint density at radius 2 is 2.06 bits per heavy atom. The van der Waals surface area contributed by atoms with Gasteiger partial charge in [0.25, 0.3) is 5.56 Å². The van der Waals surface area contributed by atoms with Crippen molar-refractivity contribution in [2.75, 3.05) is 0 Å². The molecule has 2 aromatic rings. The van der Waals surface area contributed by atoms with Gasteiger partial charge in [-0.1, -0.05) is 6.07 Å². The number of aromatic nitrogens is 1. The molecule has 2 rings (SSSR count). The highest BCUT2D eigenvalue weighted by Gasteiger charge is 2.03. The molecular weight excluding hydrogens is 273 g/mol. The number of rotatable bonds is 1. The number of aryl methyl sites for hydroxylation is 1. The summed E-state index contributed by atoms with van der Waals surface area (Å²) >= 11 is 3.34. The van der Waals surface area contributed by atoms with Gasteiger partial charge in [0.1, 0.15) is 5.82 Å². The molecule has 0 aliphatic carbocycles. The molecule has 16 heavy (non-hydrogen) atoms. The predicted molar refractivity (Wildman–Crippen MR) is 64.4 cm³/mol. The molecule has 0 aliphatic heterocycles. The molecule has 0 unspecified atom stereocenters. The summed E-state index contributed by atoms with van der Waals surface area (Å²) in [7, 11) is 0. The van der Waals surface area contributed by atoms with E-state index in [1.807, 2.05) is 6.92 Å². The molecule has 0 spiro atoms. The second kappa shape index (κ2) is 4.22. The minimum Gasteiger partial charge on any atom is -0.283 e. The van der Waals surface area contributed by atoms with Gasteiger partial charge in [-0.2, -0.15) is 0 Å². The Bertz CT molecular complexity index is 592. The van der Waals surface area contributed by atoms with Gasteiger partial charge in [-0.25, -0.2) is 4.39 Å². The van der Waals surface area contributed by atoms with E-state index in [0.717, 1.165) is 10.0 Å². The summed E-state index contributed by atoms with van der Waals surface area (Å²) in [4.78, 5) is 11.7. The van der Waals surface area contributed by atoms with E-state index >= 15 is 0 Å². The van der Waals surface area contributed by atoms with Crippen molar-refractivity contribution in [1.29, 1.82) is 0 Å². The summed E-state index contributed by atoms with van der Waals surface area (Å²) in [6, 6.07) is 7.44. The first-order chi connectivity index (χ1) is 7.58. The van der Waals surface area contributed by atoms with Gasteiger partial charge < -0.3 is 0 Å². The van der Waals surface area contributed by atoms with Gasteiger partial charge in [-0.05, 0) is 46.6 Å². The van der Waals surface area contributed by atoms with Crippen LogP contribution in [0, 0.1) is 12.7 Å². The Balaban J connectivity index is 2.65. The van der Waals surface area contributed by atoms with Crippen LogP contribution in [-0.4, -0.2) is 4.57 Å². The molecule has 2 nitrogen and oxygen atoms in total. The Labute approximate surface area is 100 Å². The van der Waals surface area contributed by atoms with Gasteiger partial charge in [0, 0.05) is 16.7 Å². The van der Waals surface area contributed by atoms with E-state index in [2.05, 4.69) is 15.9 Å². The van der Waals surface area contributed by atoms with Gasteiger partial charge in [0.05, 0.1) is 5.69 Å². The van der Waals surface area contributed by atoms with Crippen molar-refractivity contribution in [3.63, 3.8) is 0 Å². The van der Waals surface area contributed by atoms with Crippen LogP contribution in [0.3, 0.4) is 0 Å². The zero-order valence-corrected chi connectivity index (χ0v) is 10.2. The average Bonchev–Trinajstić information content (AvgIpc) is 2.23. The van der Waals surface area contributed by atoms with Crippen molar-refractivity contribution in [3.05, 3.63) is 62.7 Å². The van der Waals surface area contributed by atoms with Gasteiger partial charge >= 0.3 is 0 Å². The predicted octanol–water partition coefficient (Wildman–Crippen LogP) is 3.05. The molecule has 0 radical (unpaired) electrons. The molecule has 0 fully saturated rings. The first-order valence-electron chi connectivity index (χ1n) is 4.72. The minimum atomic E-state index is -0.360. The minimum absolute atomic E-state index is 0.175. The quantitative estimate of drug-likeness (QED) is 0.788. The lowest BCUT2D eigenvalue weighted by molar-refractivity contribution is 0.626. The summed E-state index contributed by atoms with van der Waals surface area (Å²) in [6.07, 6.45) is 1.65. The fourth-order valence-electron chi connectivity index (χ4n) is 1.43. The van der Waals surface area contributed by atoms with E-state index in [1.54, 1.807) is 18.3 Å². The molecule has 0 saturated heterocycles. The highest BCUT2D eigenvalue weighted by Crippen LogP contribution is 2.15. The molecule has 0 bridgehead atoms. The first-order valence-corrected chi connectivity index (χ1v) is 5.52. The highest BCUT2D eigenvalue weighted by molar-refractivity contribution is 9.10. The topological polar surface area (TPSA) is 22.0 Å². The molecule has 0 saturated carbocycles. The first kappa shape index (κ1) is 11.1. The standard InChI is InChI=1S/C12H9BrFNO/c1-8-5-12(16)15(7-11(8)13)10-4-2-3-9(14)6-10/h2-7H,1H3. The summed E-state index contributed by atoms with van der Waals surface area (Å²) in [5.41, 5.74) is 1.20. The third-order valence-corrected chi connectivity index (χ3v) is 3.11. The van der Waals surface area contributed by atoms with Crippen LogP contribution in [0.15, 0.2) is 45.8 Å². The van der Waals surface area contributed by atoms with Gasteiger partial charge in [0.15, 0.2) is 0 Å². The van der Waals surface area contributed by atoms with E-state index in [9.17, 15) is 9.18 Å². The molecule has 0 atom stereocenters. The van der Waals surface area contributed by atoms with Crippen LogP contribution in [0.4, 0.5) is 4.39 Å². The van der Waals surface area contributed by atoms with Gasteiger partial charge in [0.2, 0.25) is 0 Å². The molecular formula is C12H9BrFNO. The number of benzene rings is 1. The van der Waals surface area contributed by atoms with Crippen molar-refractivity contribution in [1.82, 2.24) is 4.57 Å². The maximum absolute atomic E-state index is 13.0. The largest absolute Gasteiger partial charge is 0.283 e. The number of hydrogen-bond acceptors (Lipinski definition) is 1. The van der Waals surface area contributed by atoms with Gasteiger partial charge in [-0.3, -0.25) is 9.36 Å². The Hall–Kier alpha value is -1.42. The van der Waals surface area contributed by atoms with E-state index in [-0.39, 0.29) is 11.4 Å².